The van der Waals surface area contributed by atoms with E-state index in [1.165, 1.54) is 6.20 Å². The summed E-state index contributed by atoms with van der Waals surface area (Å²) in [5, 5.41) is 0. The van der Waals surface area contributed by atoms with Crippen LogP contribution in [0.2, 0.25) is 0 Å². The fourth-order valence-electron chi connectivity index (χ4n) is 0.565. The number of rotatable bonds is 3. The molecule has 0 aromatic carbocycles. The van der Waals surface area contributed by atoms with Gasteiger partial charge in [0.2, 0.25) is 0 Å². The van der Waals surface area contributed by atoms with E-state index in [2.05, 4.69) is 16.6 Å². The molecule has 0 aliphatic heterocycles. The number of aliphatic imine (C=N–C) groups is 2. The zero-order valence-electron chi connectivity index (χ0n) is 6.91. The van der Waals surface area contributed by atoms with Crippen molar-refractivity contribution >= 4 is 11.5 Å². The second kappa shape index (κ2) is 5.41. The molecule has 0 saturated carbocycles. The molecule has 2 N–H and O–H groups in total. The monoisotopic (exact) mass is 151 g/mol. The van der Waals surface area contributed by atoms with Gasteiger partial charge < -0.3 is 5.73 Å². The molecule has 11 heavy (non-hydrogen) atoms. The molecular formula is C8H13N3. The second-order valence-corrected chi connectivity index (χ2v) is 1.81. The largest absolute Gasteiger partial charge is 0.382 e. The summed E-state index contributed by atoms with van der Waals surface area (Å²) in [6.07, 6.45) is 5.07. The van der Waals surface area contributed by atoms with E-state index in [-0.39, 0.29) is 0 Å². The summed E-state index contributed by atoms with van der Waals surface area (Å²) in [7, 11) is 1.62. The zero-order chi connectivity index (χ0) is 8.69. The van der Waals surface area contributed by atoms with Gasteiger partial charge in [0.25, 0.3) is 0 Å². The Bertz CT molecular complexity index is 211. The SMILES string of the molecule is C=CN=C(/C=C\C)C(N)=NC. The number of hydrogen-bond acceptors (Lipinski definition) is 2. The lowest BCUT2D eigenvalue weighted by Crippen LogP contribution is -2.21. The highest BCUT2D eigenvalue weighted by Crippen LogP contribution is 1.84. The maximum absolute atomic E-state index is 5.51. The van der Waals surface area contributed by atoms with Crippen LogP contribution in [0.15, 0.2) is 34.9 Å². The number of hydrogen-bond donors (Lipinski definition) is 1. The van der Waals surface area contributed by atoms with Gasteiger partial charge in [0, 0.05) is 13.2 Å². The molecule has 0 heterocycles. The van der Waals surface area contributed by atoms with Gasteiger partial charge in [-0.1, -0.05) is 12.7 Å². The quantitative estimate of drug-likeness (QED) is 0.477. The second-order valence-electron chi connectivity index (χ2n) is 1.81. The number of nitrogens with two attached hydrogens (primary N) is 1. The fourth-order valence-corrected chi connectivity index (χ4v) is 0.565. The predicted octanol–water partition coefficient (Wildman–Crippen LogP) is 1.13. The maximum atomic E-state index is 5.51. The van der Waals surface area contributed by atoms with E-state index in [0.717, 1.165) is 0 Å². The van der Waals surface area contributed by atoms with Crippen molar-refractivity contribution in [2.24, 2.45) is 15.7 Å². The molecule has 0 fully saturated rings. The lowest BCUT2D eigenvalue weighted by Gasteiger charge is -1.95. The van der Waals surface area contributed by atoms with E-state index < -0.39 is 0 Å². The normalized spacial score (nSPS) is 14.0. The molecule has 3 heteroatoms. The molecule has 0 radical (unpaired) electrons. The van der Waals surface area contributed by atoms with Gasteiger partial charge in [-0.3, -0.25) is 9.98 Å². The van der Waals surface area contributed by atoms with Crippen molar-refractivity contribution in [3.8, 4) is 0 Å². The molecule has 0 bridgehead atoms. The molecule has 60 valence electrons. The lowest BCUT2D eigenvalue weighted by molar-refractivity contribution is 1.42. The number of nitrogens with zero attached hydrogens (tertiary/aromatic N) is 2. The highest BCUT2D eigenvalue weighted by atomic mass is 14.9. The third kappa shape index (κ3) is 3.35. The average molecular weight is 151 g/mol. The van der Waals surface area contributed by atoms with Crippen LogP contribution in [0.1, 0.15) is 6.92 Å². The van der Waals surface area contributed by atoms with Crippen LogP contribution in [-0.2, 0) is 0 Å². The van der Waals surface area contributed by atoms with Crippen molar-refractivity contribution in [1.29, 1.82) is 0 Å². The Morgan fingerprint density at radius 2 is 2.18 bits per heavy atom. The van der Waals surface area contributed by atoms with Crippen LogP contribution in [0.25, 0.3) is 0 Å². The number of amidine groups is 1. The Morgan fingerprint density at radius 3 is 2.55 bits per heavy atom. The molecule has 0 unspecified atom stereocenters. The molecular weight excluding hydrogens is 138 g/mol. The van der Waals surface area contributed by atoms with Crippen LogP contribution >= 0.6 is 0 Å². The minimum Gasteiger partial charge on any atom is -0.382 e. The van der Waals surface area contributed by atoms with E-state index in [4.69, 9.17) is 5.73 Å². The fraction of sp³-hybridized carbons (Fsp3) is 0.250. The predicted molar refractivity (Wildman–Crippen MR) is 50.0 cm³/mol. The maximum Gasteiger partial charge on any atom is 0.144 e. The van der Waals surface area contributed by atoms with Crippen LogP contribution < -0.4 is 5.73 Å². The lowest BCUT2D eigenvalue weighted by atomic mass is 10.3. The Morgan fingerprint density at radius 1 is 1.55 bits per heavy atom. The van der Waals surface area contributed by atoms with Gasteiger partial charge in [0.05, 0.1) is 0 Å². The molecule has 0 aliphatic carbocycles. The Balaban J connectivity index is 4.61. The summed E-state index contributed by atoms with van der Waals surface area (Å²) in [5.41, 5.74) is 6.15. The van der Waals surface area contributed by atoms with Crippen molar-refractivity contribution in [3.05, 3.63) is 24.9 Å². The van der Waals surface area contributed by atoms with E-state index in [1.54, 1.807) is 13.1 Å². The first-order valence-corrected chi connectivity index (χ1v) is 3.30. The molecule has 0 rings (SSSR count). The van der Waals surface area contributed by atoms with Crippen molar-refractivity contribution in [2.45, 2.75) is 6.92 Å². The summed E-state index contributed by atoms with van der Waals surface area (Å²) < 4.78 is 0. The van der Waals surface area contributed by atoms with Gasteiger partial charge in [-0.25, -0.2) is 0 Å². The van der Waals surface area contributed by atoms with Crippen LogP contribution in [0.5, 0.6) is 0 Å². The van der Waals surface area contributed by atoms with Crippen molar-refractivity contribution < 1.29 is 0 Å². The minimum absolute atomic E-state index is 0.419. The minimum atomic E-state index is 0.419. The molecule has 0 aliphatic rings. The first kappa shape index (κ1) is 9.62. The van der Waals surface area contributed by atoms with Gasteiger partial charge in [0.15, 0.2) is 0 Å². The molecule has 0 aromatic rings. The number of allylic oxidation sites excluding steroid dienone is 1. The summed E-state index contributed by atoms with van der Waals surface area (Å²) in [4.78, 5) is 7.71. The molecule has 0 amide bonds. The van der Waals surface area contributed by atoms with E-state index in [0.29, 0.717) is 11.5 Å². The van der Waals surface area contributed by atoms with E-state index in [9.17, 15) is 0 Å². The first-order chi connectivity index (χ1) is 5.26. The van der Waals surface area contributed by atoms with Crippen molar-refractivity contribution in [1.82, 2.24) is 0 Å². The zero-order valence-corrected chi connectivity index (χ0v) is 6.91. The van der Waals surface area contributed by atoms with E-state index in [1.807, 2.05) is 13.0 Å². The Labute approximate surface area is 67.0 Å². The summed E-state index contributed by atoms with van der Waals surface area (Å²) >= 11 is 0. The van der Waals surface area contributed by atoms with Gasteiger partial charge in [-0.2, -0.15) is 0 Å². The first-order valence-electron chi connectivity index (χ1n) is 3.30. The Hall–Kier alpha value is -1.38. The van der Waals surface area contributed by atoms with Gasteiger partial charge in [-0.05, 0) is 13.0 Å². The Kier molecular flexibility index (Phi) is 4.73. The molecule has 0 atom stereocenters. The standard InChI is InChI=1S/C8H13N3/c1-4-6-7(11-5-2)8(9)10-3/h4-6H,2H2,1,3H3,(H2,9,10)/b6-4-,11-7?. The topological polar surface area (TPSA) is 50.7 Å². The summed E-state index contributed by atoms with van der Waals surface area (Å²) in [5.74, 6) is 0.419. The molecule has 0 saturated heterocycles. The van der Waals surface area contributed by atoms with E-state index >= 15 is 0 Å². The third-order valence-electron chi connectivity index (χ3n) is 1.06. The van der Waals surface area contributed by atoms with Crippen molar-refractivity contribution in [3.63, 3.8) is 0 Å². The molecule has 0 aromatic heterocycles. The van der Waals surface area contributed by atoms with Crippen LogP contribution in [0, 0.1) is 0 Å². The van der Waals surface area contributed by atoms with Gasteiger partial charge in [-0.15, -0.1) is 0 Å². The highest BCUT2D eigenvalue weighted by Gasteiger charge is 1.95. The van der Waals surface area contributed by atoms with Gasteiger partial charge in [0.1, 0.15) is 11.5 Å². The summed E-state index contributed by atoms with van der Waals surface area (Å²) in [6.45, 7) is 5.36. The molecule has 3 nitrogen and oxygen atoms in total. The smallest absolute Gasteiger partial charge is 0.144 e. The highest BCUT2D eigenvalue weighted by molar-refractivity contribution is 6.45. The summed E-state index contributed by atoms with van der Waals surface area (Å²) in [6, 6.07) is 0. The van der Waals surface area contributed by atoms with Crippen LogP contribution in [0.3, 0.4) is 0 Å². The van der Waals surface area contributed by atoms with Crippen LogP contribution in [0.4, 0.5) is 0 Å². The van der Waals surface area contributed by atoms with Crippen LogP contribution in [-0.4, -0.2) is 18.6 Å². The van der Waals surface area contributed by atoms with Crippen molar-refractivity contribution in [2.75, 3.05) is 7.05 Å². The molecule has 0 spiro atoms. The average Bonchev–Trinajstić information content (AvgIpc) is 2.03. The van der Waals surface area contributed by atoms with Gasteiger partial charge >= 0.3 is 0 Å². The third-order valence-corrected chi connectivity index (χ3v) is 1.06.